The lowest BCUT2D eigenvalue weighted by Gasteiger charge is -2.29. The molecule has 0 bridgehead atoms. The summed E-state index contributed by atoms with van der Waals surface area (Å²) < 4.78 is 14.3. The second-order valence-corrected chi connectivity index (χ2v) is 6.60. The van der Waals surface area contributed by atoms with E-state index < -0.39 is 6.04 Å². The minimum Gasteiger partial charge on any atom is -0.340 e. The van der Waals surface area contributed by atoms with Crippen molar-refractivity contribution in [2.24, 2.45) is 0 Å². The lowest BCUT2D eigenvalue weighted by atomic mass is 10.0. The molecule has 0 fully saturated rings. The average molecular weight is 351 g/mol. The molecule has 3 rings (SSSR count). The van der Waals surface area contributed by atoms with Crippen LogP contribution in [0.3, 0.4) is 0 Å². The molecule has 0 N–H and O–H groups in total. The number of pyridine rings is 1. The molecule has 0 aliphatic carbocycles. The molecule has 5 heteroatoms. The van der Waals surface area contributed by atoms with Gasteiger partial charge in [0, 0.05) is 36.9 Å². The number of hydrogen-bond donors (Lipinski definition) is 0. The van der Waals surface area contributed by atoms with Crippen molar-refractivity contribution in [3.63, 3.8) is 0 Å². The van der Waals surface area contributed by atoms with Gasteiger partial charge in [-0.2, -0.15) is 0 Å². The van der Waals surface area contributed by atoms with Crippen LogP contribution in [0, 0.1) is 5.82 Å². The number of likely N-dealkylation sites (N-methyl/N-ethyl adjacent to an activating group) is 2. The van der Waals surface area contributed by atoms with Gasteiger partial charge < -0.3 is 4.90 Å². The topological polar surface area (TPSA) is 36.4 Å². The Labute approximate surface area is 152 Å². The highest BCUT2D eigenvalue weighted by molar-refractivity contribution is 5.86. The fraction of sp³-hybridized carbons (Fsp3) is 0.238. The monoisotopic (exact) mass is 351 g/mol. The maximum absolute atomic E-state index is 14.3. The highest BCUT2D eigenvalue weighted by Crippen LogP contribution is 2.25. The molecule has 4 nitrogen and oxygen atoms in total. The fourth-order valence-corrected chi connectivity index (χ4v) is 3.20. The average Bonchev–Trinajstić information content (AvgIpc) is 2.63. The number of carbonyl (C=O) groups is 1. The second kappa shape index (κ2) is 7.62. The van der Waals surface area contributed by atoms with Crippen LogP contribution in [0.4, 0.5) is 4.39 Å². The molecule has 3 aromatic rings. The number of amides is 1. The summed E-state index contributed by atoms with van der Waals surface area (Å²) in [6.07, 6.45) is 3.55. The lowest BCUT2D eigenvalue weighted by molar-refractivity contribution is -0.135. The van der Waals surface area contributed by atoms with Gasteiger partial charge in [-0.15, -0.1) is 0 Å². The fourth-order valence-electron chi connectivity index (χ4n) is 3.20. The van der Waals surface area contributed by atoms with Gasteiger partial charge in [0.25, 0.3) is 0 Å². The van der Waals surface area contributed by atoms with Crippen LogP contribution in [-0.4, -0.2) is 41.8 Å². The van der Waals surface area contributed by atoms with E-state index in [-0.39, 0.29) is 11.7 Å². The van der Waals surface area contributed by atoms with E-state index in [1.807, 2.05) is 30.5 Å². The molecule has 0 aliphatic rings. The molecule has 0 radical (unpaired) electrons. The van der Waals surface area contributed by atoms with E-state index in [2.05, 4.69) is 4.98 Å². The van der Waals surface area contributed by atoms with Gasteiger partial charge in [0.15, 0.2) is 0 Å². The van der Waals surface area contributed by atoms with Crippen LogP contribution in [-0.2, 0) is 11.3 Å². The Balaban J connectivity index is 1.89. The highest BCUT2D eigenvalue weighted by Gasteiger charge is 2.28. The van der Waals surface area contributed by atoms with Crippen molar-refractivity contribution < 1.29 is 9.18 Å². The van der Waals surface area contributed by atoms with Crippen molar-refractivity contribution in [2.45, 2.75) is 12.6 Å². The number of benzene rings is 2. The predicted octanol–water partition coefficient (Wildman–Crippen LogP) is 3.64. The van der Waals surface area contributed by atoms with E-state index in [4.69, 9.17) is 0 Å². The van der Waals surface area contributed by atoms with E-state index in [0.29, 0.717) is 12.1 Å². The minimum atomic E-state index is -0.669. The summed E-state index contributed by atoms with van der Waals surface area (Å²) in [5, 5.41) is 2.10. The first-order chi connectivity index (χ1) is 12.5. The summed E-state index contributed by atoms with van der Waals surface area (Å²) in [6, 6.07) is 13.7. The standard InChI is InChI=1S/C21H22FN3O/c1-24(2)20(18-9-4-5-10-19(18)22)21(26)25(3)14-16-8-6-7-15-13-23-12-11-17(15)16/h4-13,20H,14H2,1-3H3/t20-/m1/s1. The number of aromatic nitrogens is 1. The molecule has 0 saturated carbocycles. The van der Waals surface area contributed by atoms with Gasteiger partial charge in [-0.3, -0.25) is 14.7 Å². The van der Waals surface area contributed by atoms with Crippen molar-refractivity contribution in [2.75, 3.05) is 21.1 Å². The summed E-state index contributed by atoms with van der Waals surface area (Å²) in [6.45, 7) is 0.443. The van der Waals surface area contributed by atoms with Crippen LogP contribution in [0.5, 0.6) is 0 Å². The third-order valence-electron chi connectivity index (χ3n) is 4.50. The van der Waals surface area contributed by atoms with Gasteiger partial charge in [-0.05, 0) is 37.2 Å². The molecule has 2 aromatic carbocycles. The van der Waals surface area contributed by atoms with Crippen LogP contribution in [0.2, 0.25) is 0 Å². The Bertz CT molecular complexity index is 921. The molecule has 0 spiro atoms. The van der Waals surface area contributed by atoms with Gasteiger partial charge in [-0.1, -0.05) is 36.4 Å². The predicted molar refractivity (Wildman–Crippen MR) is 101 cm³/mol. The van der Waals surface area contributed by atoms with Crippen LogP contribution >= 0.6 is 0 Å². The Morgan fingerprint density at radius 1 is 1.08 bits per heavy atom. The summed E-state index contributed by atoms with van der Waals surface area (Å²) in [5.74, 6) is -0.518. The van der Waals surface area contributed by atoms with Crippen molar-refractivity contribution in [1.82, 2.24) is 14.8 Å². The maximum atomic E-state index is 14.3. The molecule has 1 aromatic heterocycles. The van der Waals surface area contributed by atoms with Gasteiger partial charge in [-0.25, -0.2) is 4.39 Å². The third kappa shape index (κ3) is 3.58. The summed E-state index contributed by atoms with van der Waals surface area (Å²) in [7, 11) is 5.32. The van der Waals surface area contributed by atoms with E-state index in [0.717, 1.165) is 16.3 Å². The van der Waals surface area contributed by atoms with Crippen molar-refractivity contribution >= 4 is 16.7 Å². The van der Waals surface area contributed by atoms with Crippen molar-refractivity contribution in [3.05, 3.63) is 77.9 Å². The SMILES string of the molecule is CN(Cc1cccc2cnccc12)C(=O)[C@@H](c1ccccc1F)N(C)C. The zero-order valence-electron chi connectivity index (χ0n) is 15.2. The quantitative estimate of drug-likeness (QED) is 0.704. The number of fused-ring (bicyclic) bond motifs is 1. The van der Waals surface area contributed by atoms with E-state index in [9.17, 15) is 9.18 Å². The van der Waals surface area contributed by atoms with Gasteiger partial charge in [0.2, 0.25) is 5.91 Å². The largest absolute Gasteiger partial charge is 0.340 e. The molecule has 134 valence electrons. The van der Waals surface area contributed by atoms with Gasteiger partial charge in [0.05, 0.1) is 0 Å². The summed E-state index contributed by atoms with van der Waals surface area (Å²) >= 11 is 0. The molecule has 26 heavy (non-hydrogen) atoms. The zero-order chi connectivity index (χ0) is 18.7. The molecule has 0 saturated heterocycles. The number of hydrogen-bond acceptors (Lipinski definition) is 3. The van der Waals surface area contributed by atoms with Gasteiger partial charge in [0.1, 0.15) is 11.9 Å². The number of halogens is 1. The molecule has 1 atom stereocenters. The van der Waals surface area contributed by atoms with Crippen molar-refractivity contribution in [1.29, 1.82) is 0 Å². The van der Waals surface area contributed by atoms with Gasteiger partial charge >= 0.3 is 0 Å². The van der Waals surface area contributed by atoms with E-state index in [1.165, 1.54) is 6.07 Å². The van der Waals surface area contributed by atoms with Crippen LogP contribution < -0.4 is 0 Å². The number of rotatable bonds is 5. The van der Waals surface area contributed by atoms with E-state index >= 15 is 0 Å². The Morgan fingerprint density at radius 2 is 1.85 bits per heavy atom. The third-order valence-corrected chi connectivity index (χ3v) is 4.50. The molecular formula is C21H22FN3O. The Kier molecular flexibility index (Phi) is 5.28. The first kappa shape index (κ1) is 18.0. The Hall–Kier alpha value is -2.79. The molecule has 1 heterocycles. The second-order valence-electron chi connectivity index (χ2n) is 6.60. The lowest BCUT2D eigenvalue weighted by Crippen LogP contribution is -2.38. The van der Waals surface area contributed by atoms with E-state index in [1.54, 1.807) is 55.3 Å². The number of carbonyl (C=O) groups excluding carboxylic acids is 1. The van der Waals surface area contributed by atoms with Crippen LogP contribution in [0.1, 0.15) is 17.2 Å². The molecular weight excluding hydrogens is 329 g/mol. The molecule has 1 amide bonds. The minimum absolute atomic E-state index is 0.147. The smallest absolute Gasteiger partial charge is 0.244 e. The molecule has 0 unspecified atom stereocenters. The number of nitrogens with zero attached hydrogens (tertiary/aromatic N) is 3. The molecule has 0 aliphatic heterocycles. The first-order valence-corrected chi connectivity index (χ1v) is 8.46. The maximum Gasteiger partial charge on any atom is 0.244 e. The van der Waals surface area contributed by atoms with Crippen LogP contribution in [0.15, 0.2) is 60.9 Å². The zero-order valence-corrected chi connectivity index (χ0v) is 15.2. The van der Waals surface area contributed by atoms with Crippen molar-refractivity contribution in [3.8, 4) is 0 Å². The normalized spacial score (nSPS) is 12.3. The summed E-state index contributed by atoms with van der Waals surface area (Å²) in [4.78, 5) is 20.6. The summed E-state index contributed by atoms with van der Waals surface area (Å²) in [5.41, 5.74) is 1.42. The Morgan fingerprint density at radius 3 is 2.58 bits per heavy atom. The highest BCUT2D eigenvalue weighted by atomic mass is 19.1. The van der Waals surface area contributed by atoms with Crippen LogP contribution in [0.25, 0.3) is 10.8 Å². The first-order valence-electron chi connectivity index (χ1n) is 8.46.